The van der Waals surface area contributed by atoms with E-state index in [9.17, 15) is 4.79 Å². The van der Waals surface area contributed by atoms with Gasteiger partial charge in [-0.25, -0.2) is 4.98 Å². The maximum absolute atomic E-state index is 12.9. The molecule has 1 amide bonds. The van der Waals surface area contributed by atoms with Gasteiger partial charge in [0.15, 0.2) is 0 Å². The van der Waals surface area contributed by atoms with E-state index in [0.29, 0.717) is 12.2 Å². The van der Waals surface area contributed by atoms with Crippen LogP contribution in [0, 0.1) is 6.92 Å². The van der Waals surface area contributed by atoms with E-state index in [1.54, 1.807) is 11.3 Å². The smallest absolute Gasteiger partial charge is 0.270 e. The van der Waals surface area contributed by atoms with Crippen molar-refractivity contribution in [2.24, 2.45) is 0 Å². The summed E-state index contributed by atoms with van der Waals surface area (Å²) >= 11 is 1.76. The second-order valence-corrected chi connectivity index (χ2v) is 7.48. The van der Waals surface area contributed by atoms with Crippen LogP contribution >= 0.6 is 11.3 Å². The Bertz CT molecular complexity index is 879. The van der Waals surface area contributed by atoms with Gasteiger partial charge in [-0.05, 0) is 43.3 Å². The van der Waals surface area contributed by atoms with Gasteiger partial charge in [-0.3, -0.25) is 9.20 Å². The van der Waals surface area contributed by atoms with Crippen molar-refractivity contribution in [3.8, 4) is 0 Å². The molecule has 130 valence electrons. The van der Waals surface area contributed by atoms with Crippen molar-refractivity contribution in [1.29, 1.82) is 0 Å². The molecule has 3 aromatic heterocycles. The predicted octanol–water partition coefficient (Wildman–Crippen LogP) is 3.18. The van der Waals surface area contributed by atoms with Gasteiger partial charge in [-0.1, -0.05) is 12.1 Å². The summed E-state index contributed by atoms with van der Waals surface area (Å²) in [6.45, 7) is 3.98. The van der Waals surface area contributed by atoms with Crippen LogP contribution in [-0.4, -0.2) is 35.1 Å². The van der Waals surface area contributed by atoms with Crippen molar-refractivity contribution in [1.82, 2.24) is 14.7 Å². The number of thiophene rings is 1. The first-order valence-corrected chi connectivity index (χ1v) is 9.41. The number of nitrogens with zero attached hydrogens (tertiary/aromatic N) is 2. The first-order chi connectivity index (χ1) is 12.2. The molecule has 0 atom stereocenters. The third-order valence-electron chi connectivity index (χ3n) is 5.00. The lowest BCUT2D eigenvalue weighted by Crippen LogP contribution is -2.44. The van der Waals surface area contributed by atoms with Crippen LogP contribution < -0.4 is 5.32 Å². The van der Waals surface area contributed by atoms with Gasteiger partial charge >= 0.3 is 0 Å². The molecule has 25 heavy (non-hydrogen) atoms. The minimum Gasteiger partial charge on any atom is -0.381 e. The average molecular weight is 355 g/mol. The maximum Gasteiger partial charge on any atom is 0.270 e. The molecule has 1 aliphatic heterocycles. The molecule has 1 aliphatic rings. The second-order valence-electron chi connectivity index (χ2n) is 6.53. The van der Waals surface area contributed by atoms with Crippen LogP contribution in [0.15, 0.2) is 41.9 Å². The van der Waals surface area contributed by atoms with Gasteiger partial charge in [0.2, 0.25) is 0 Å². The van der Waals surface area contributed by atoms with E-state index >= 15 is 0 Å². The number of imidazole rings is 1. The lowest BCUT2D eigenvalue weighted by atomic mass is 9.78. The number of hydrogen-bond donors (Lipinski definition) is 1. The number of fused-ring (bicyclic) bond motifs is 1. The van der Waals surface area contributed by atoms with Gasteiger partial charge in [-0.15, -0.1) is 11.3 Å². The van der Waals surface area contributed by atoms with Crippen LogP contribution in [0.3, 0.4) is 0 Å². The zero-order valence-corrected chi connectivity index (χ0v) is 15.0. The highest BCUT2D eigenvalue weighted by Gasteiger charge is 2.36. The zero-order chi connectivity index (χ0) is 17.3. The highest BCUT2D eigenvalue weighted by atomic mass is 32.1. The summed E-state index contributed by atoms with van der Waals surface area (Å²) in [5.74, 6) is -0.0707. The number of hydrogen-bond acceptors (Lipinski definition) is 4. The molecule has 6 heteroatoms. The Balaban J connectivity index is 1.58. The summed E-state index contributed by atoms with van der Waals surface area (Å²) in [5, 5.41) is 5.27. The normalized spacial score (nSPS) is 16.8. The van der Waals surface area contributed by atoms with E-state index < -0.39 is 0 Å². The number of carbonyl (C=O) groups excluding carboxylic acids is 1. The van der Waals surface area contributed by atoms with Crippen LogP contribution in [0.2, 0.25) is 0 Å². The molecule has 5 nitrogen and oxygen atoms in total. The van der Waals surface area contributed by atoms with Gasteiger partial charge in [0.05, 0.1) is 5.69 Å². The molecule has 0 unspecified atom stereocenters. The molecular weight excluding hydrogens is 334 g/mol. The third kappa shape index (κ3) is 2.96. The predicted molar refractivity (Wildman–Crippen MR) is 98.3 cm³/mol. The van der Waals surface area contributed by atoms with E-state index in [1.807, 2.05) is 35.7 Å². The Morgan fingerprint density at radius 1 is 1.32 bits per heavy atom. The lowest BCUT2D eigenvalue weighted by molar-refractivity contribution is 0.0498. The van der Waals surface area contributed by atoms with Gasteiger partial charge < -0.3 is 10.1 Å². The summed E-state index contributed by atoms with van der Waals surface area (Å²) in [4.78, 5) is 18.7. The summed E-state index contributed by atoms with van der Waals surface area (Å²) in [5.41, 5.74) is 2.13. The highest BCUT2D eigenvalue weighted by Crippen LogP contribution is 2.37. The van der Waals surface area contributed by atoms with Gasteiger partial charge in [0, 0.05) is 36.2 Å². The topological polar surface area (TPSA) is 55.6 Å². The van der Waals surface area contributed by atoms with Crippen molar-refractivity contribution in [3.05, 3.63) is 58.2 Å². The summed E-state index contributed by atoms with van der Waals surface area (Å²) < 4.78 is 7.41. The molecule has 0 spiro atoms. The fourth-order valence-corrected chi connectivity index (χ4v) is 4.56. The zero-order valence-electron chi connectivity index (χ0n) is 14.2. The first-order valence-electron chi connectivity index (χ1n) is 8.53. The number of carbonyl (C=O) groups is 1. The lowest BCUT2D eigenvalue weighted by Gasteiger charge is -2.36. The number of rotatable bonds is 4. The van der Waals surface area contributed by atoms with Crippen molar-refractivity contribution in [2.75, 3.05) is 19.8 Å². The van der Waals surface area contributed by atoms with Crippen LogP contribution in [0.1, 0.15) is 33.9 Å². The standard InChI is InChI=1S/C19H21N3O2S/c1-14-17(22-9-3-2-6-16(22)21-14)18(23)20-13-19(7-10-24-11-8-19)15-5-4-12-25-15/h2-6,9,12H,7-8,10-11,13H2,1H3,(H,20,23). The van der Waals surface area contributed by atoms with Crippen molar-refractivity contribution in [3.63, 3.8) is 0 Å². The molecular formula is C19H21N3O2S. The van der Waals surface area contributed by atoms with E-state index in [1.165, 1.54) is 4.88 Å². The Hall–Kier alpha value is -2.18. The number of aromatic nitrogens is 2. The molecule has 0 saturated carbocycles. The molecule has 0 bridgehead atoms. The average Bonchev–Trinajstić information content (AvgIpc) is 3.28. The molecule has 1 fully saturated rings. The molecule has 1 N–H and O–H groups in total. The molecule has 0 aliphatic carbocycles. The highest BCUT2D eigenvalue weighted by molar-refractivity contribution is 7.10. The number of ether oxygens (including phenoxy) is 1. The Morgan fingerprint density at radius 3 is 2.92 bits per heavy atom. The molecule has 0 aromatic carbocycles. The fourth-order valence-electron chi connectivity index (χ4n) is 3.57. The largest absolute Gasteiger partial charge is 0.381 e. The molecule has 0 radical (unpaired) electrons. The van der Waals surface area contributed by atoms with E-state index in [-0.39, 0.29) is 11.3 Å². The van der Waals surface area contributed by atoms with E-state index in [2.05, 4.69) is 27.8 Å². The van der Waals surface area contributed by atoms with Gasteiger partial charge in [-0.2, -0.15) is 0 Å². The van der Waals surface area contributed by atoms with Crippen molar-refractivity contribution >= 4 is 22.9 Å². The minimum absolute atomic E-state index is 0.0313. The van der Waals surface area contributed by atoms with Gasteiger partial charge in [0.25, 0.3) is 5.91 Å². The van der Waals surface area contributed by atoms with Crippen LogP contribution in [-0.2, 0) is 10.2 Å². The van der Waals surface area contributed by atoms with Crippen LogP contribution in [0.5, 0.6) is 0 Å². The SMILES string of the molecule is Cc1nc2ccccn2c1C(=O)NCC1(c2cccs2)CCOCC1. The summed E-state index contributed by atoms with van der Waals surface area (Å²) in [6, 6.07) is 10.00. The maximum atomic E-state index is 12.9. The van der Waals surface area contributed by atoms with Crippen LogP contribution in [0.25, 0.3) is 5.65 Å². The Kier molecular flexibility index (Phi) is 4.31. The summed E-state index contributed by atoms with van der Waals surface area (Å²) in [6.07, 6.45) is 3.74. The number of aryl methyl sites for hydroxylation is 1. The van der Waals surface area contributed by atoms with E-state index in [4.69, 9.17) is 4.74 Å². The van der Waals surface area contributed by atoms with Gasteiger partial charge in [0.1, 0.15) is 11.3 Å². The molecule has 1 saturated heterocycles. The minimum atomic E-state index is -0.0707. The van der Waals surface area contributed by atoms with Crippen LogP contribution in [0.4, 0.5) is 0 Å². The molecule has 4 rings (SSSR count). The second kappa shape index (κ2) is 6.61. The number of amides is 1. The molecule has 4 heterocycles. The van der Waals surface area contributed by atoms with Crippen molar-refractivity contribution in [2.45, 2.75) is 25.2 Å². The Morgan fingerprint density at radius 2 is 2.16 bits per heavy atom. The number of nitrogens with one attached hydrogen (secondary N) is 1. The Labute approximate surface area is 150 Å². The number of pyridine rings is 1. The quantitative estimate of drug-likeness (QED) is 0.782. The fraction of sp³-hybridized carbons (Fsp3) is 0.368. The van der Waals surface area contributed by atoms with Crippen molar-refractivity contribution < 1.29 is 9.53 Å². The van der Waals surface area contributed by atoms with E-state index in [0.717, 1.165) is 37.4 Å². The third-order valence-corrected chi connectivity index (χ3v) is 6.12. The monoisotopic (exact) mass is 355 g/mol. The first kappa shape index (κ1) is 16.3. The summed E-state index contributed by atoms with van der Waals surface area (Å²) in [7, 11) is 0. The molecule has 3 aromatic rings.